The summed E-state index contributed by atoms with van der Waals surface area (Å²) < 4.78 is 39.8. The highest BCUT2D eigenvalue weighted by Gasteiger charge is 2.30. The molecule has 1 aliphatic heterocycles. The second kappa shape index (κ2) is 8.30. The molecule has 0 spiro atoms. The van der Waals surface area contributed by atoms with E-state index in [1.807, 2.05) is 0 Å². The first-order chi connectivity index (χ1) is 9.53. The second-order valence-electron chi connectivity index (χ2n) is 4.38. The summed E-state index contributed by atoms with van der Waals surface area (Å²) in [5.74, 6) is 0.584. The first kappa shape index (κ1) is 17.9. The number of guanidine groups is 1. The Kier molecular flexibility index (Phi) is 7.06. The van der Waals surface area contributed by atoms with Gasteiger partial charge in [-0.05, 0) is 30.5 Å². The van der Waals surface area contributed by atoms with Crippen LogP contribution in [0.3, 0.4) is 0 Å². The van der Waals surface area contributed by atoms with Crippen molar-refractivity contribution in [2.24, 2.45) is 4.99 Å². The average Bonchev–Trinajstić information content (AvgIpc) is 2.40. The van der Waals surface area contributed by atoms with Crippen LogP contribution in [0, 0.1) is 0 Å². The molecular formula is C13H17F3IN3O. The molecule has 8 heteroatoms. The normalized spacial score (nSPS) is 14.5. The smallest absolute Gasteiger partial charge is 0.406 e. The Balaban J connectivity index is 0.00000220. The third kappa shape index (κ3) is 6.87. The molecule has 118 valence electrons. The lowest BCUT2D eigenvalue weighted by molar-refractivity contribution is -0.274. The van der Waals surface area contributed by atoms with Gasteiger partial charge in [0.2, 0.25) is 0 Å². The van der Waals surface area contributed by atoms with Gasteiger partial charge in [0.1, 0.15) is 5.75 Å². The number of aliphatic imine (C=N–C) groups is 1. The topological polar surface area (TPSA) is 45.6 Å². The van der Waals surface area contributed by atoms with Gasteiger partial charge in [0, 0.05) is 19.6 Å². The fourth-order valence-electron chi connectivity index (χ4n) is 1.83. The molecule has 1 aromatic rings. The van der Waals surface area contributed by atoms with Crippen LogP contribution in [-0.2, 0) is 6.42 Å². The van der Waals surface area contributed by atoms with Crippen molar-refractivity contribution < 1.29 is 17.9 Å². The number of hydrogen-bond acceptors (Lipinski definition) is 4. The zero-order valence-corrected chi connectivity index (χ0v) is 13.6. The number of rotatable bonds is 4. The maximum Gasteiger partial charge on any atom is 0.573 e. The average molecular weight is 415 g/mol. The summed E-state index contributed by atoms with van der Waals surface area (Å²) in [7, 11) is 0. The Morgan fingerprint density at radius 3 is 2.52 bits per heavy atom. The van der Waals surface area contributed by atoms with Crippen molar-refractivity contribution in [3.05, 3.63) is 29.8 Å². The van der Waals surface area contributed by atoms with Gasteiger partial charge in [-0.25, -0.2) is 0 Å². The molecule has 1 aromatic carbocycles. The largest absolute Gasteiger partial charge is 0.573 e. The van der Waals surface area contributed by atoms with Crippen molar-refractivity contribution in [3.63, 3.8) is 0 Å². The number of hydrogen-bond donors (Lipinski definition) is 2. The summed E-state index contributed by atoms with van der Waals surface area (Å²) in [6.07, 6.45) is -2.91. The quantitative estimate of drug-likeness (QED) is 0.744. The molecule has 0 unspecified atom stereocenters. The molecule has 2 N–H and O–H groups in total. The van der Waals surface area contributed by atoms with E-state index in [1.165, 1.54) is 12.1 Å². The molecule has 21 heavy (non-hydrogen) atoms. The van der Waals surface area contributed by atoms with Crippen LogP contribution < -0.4 is 15.4 Å². The van der Waals surface area contributed by atoms with E-state index in [0.717, 1.165) is 31.0 Å². The highest BCUT2D eigenvalue weighted by molar-refractivity contribution is 14.0. The van der Waals surface area contributed by atoms with Gasteiger partial charge in [0.25, 0.3) is 0 Å². The van der Waals surface area contributed by atoms with E-state index < -0.39 is 6.36 Å². The first-order valence-electron chi connectivity index (χ1n) is 6.40. The summed E-state index contributed by atoms with van der Waals surface area (Å²) >= 11 is 0. The molecule has 1 aliphatic rings. The standard InChI is InChI=1S/C13H16F3N3O.HI/c14-13(15,16)20-11-4-2-10(3-5-11)6-9-19-12-17-7-1-8-18-12;/h2-5H,1,6-9H2,(H2,17,18,19);1H. The van der Waals surface area contributed by atoms with Crippen molar-refractivity contribution in [1.82, 2.24) is 10.6 Å². The van der Waals surface area contributed by atoms with Crippen LogP contribution in [0.25, 0.3) is 0 Å². The van der Waals surface area contributed by atoms with E-state index >= 15 is 0 Å². The van der Waals surface area contributed by atoms with Gasteiger partial charge >= 0.3 is 6.36 Å². The van der Waals surface area contributed by atoms with Crippen LogP contribution in [-0.4, -0.2) is 32.0 Å². The Hall–Kier alpha value is -1.19. The lowest BCUT2D eigenvalue weighted by Crippen LogP contribution is -2.41. The Labute approximate surface area is 138 Å². The van der Waals surface area contributed by atoms with E-state index in [0.29, 0.717) is 13.0 Å². The SMILES string of the molecule is FC(F)(F)Oc1ccc(CCNC2=NCCCN2)cc1.I. The van der Waals surface area contributed by atoms with Gasteiger partial charge in [0.15, 0.2) is 5.96 Å². The highest BCUT2D eigenvalue weighted by atomic mass is 127. The fourth-order valence-corrected chi connectivity index (χ4v) is 1.83. The summed E-state index contributed by atoms with van der Waals surface area (Å²) in [5.41, 5.74) is 0.934. The Morgan fingerprint density at radius 2 is 1.95 bits per heavy atom. The molecule has 0 saturated heterocycles. The molecular weight excluding hydrogens is 398 g/mol. The lowest BCUT2D eigenvalue weighted by Gasteiger charge is -2.16. The van der Waals surface area contributed by atoms with Crippen LogP contribution in [0.1, 0.15) is 12.0 Å². The van der Waals surface area contributed by atoms with Gasteiger partial charge in [-0.3, -0.25) is 4.99 Å². The Morgan fingerprint density at radius 1 is 1.24 bits per heavy atom. The van der Waals surface area contributed by atoms with Crippen molar-refractivity contribution in [1.29, 1.82) is 0 Å². The summed E-state index contributed by atoms with van der Waals surface area (Å²) in [6.45, 7) is 2.40. The van der Waals surface area contributed by atoms with Crippen LogP contribution in [0.15, 0.2) is 29.3 Å². The first-order valence-corrected chi connectivity index (χ1v) is 6.40. The fraction of sp³-hybridized carbons (Fsp3) is 0.462. The van der Waals surface area contributed by atoms with Crippen LogP contribution in [0.2, 0.25) is 0 Å². The van der Waals surface area contributed by atoms with E-state index in [9.17, 15) is 13.2 Å². The number of nitrogens with zero attached hydrogens (tertiary/aromatic N) is 1. The second-order valence-corrected chi connectivity index (χ2v) is 4.38. The molecule has 1 heterocycles. The van der Waals surface area contributed by atoms with Gasteiger partial charge in [0.05, 0.1) is 0 Å². The molecule has 4 nitrogen and oxygen atoms in total. The van der Waals surface area contributed by atoms with Crippen LogP contribution in [0.4, 0.5) is 13.2 Å². The van der Waals surface area contributed by atoms with E-state index in [2.05, 4.69) is 20.4 Å². The van der Waals surface area contributed by atoms with Crippen molar-refractivity contribution in [3.8, 4) is 5.75 Å². The number of alkyl halides is 3. The van der Waals surface area contributed by atoms with E-state index in [1.54, 1.807) is 12.1 Å². The minimum Gasteiger partial charge on any atom is -0.406 e. The predicted octanol–water partition coefficient (Wildman–Crippen LogP) is 2.68. The van der Waals surface area contributed by atoms with Crippen molar-refractivity contribution >= 4 is 29.9 Å². The molecule has 0 fully saturated rings. The molecule has 0 atom stereocenters. The minimum absolute atomic E-state index is 0. The number of nitrogens with one attached hydrogen (secondary N) is 2. The van der Waals surface area contributed by atoms with Crippen LogP contribution >= 0.6 is 24.0 Å². The summed E-state index contributed by atoms with van der Waals surface area (Å²) in [5, 5.41) is 6.28. The number of benzene rings is 1. The summed E-state index contributed by atoms with van der Waals surface area (Å²) in [4.78, 5) is 4.26. The van der Waals surface area contributed by atoms with Gasteiger partial charge in [-0.1, -0.05) is 12.1 Å². The minimum atomic E-state index is -4.64. The molecule has 0 bridgehead atoms. The van der Waals surface area contributed by atoms with Gasteiger partial charge < -0.3 is 15.4 Å². The molecule has 0 amide bonds. The van der Waals surface area contributed by atoms with E-state index in [4.69, 9.17) is 0 Å². The number of ether oxygens (including phenoxy) is 1. The monoisotopic (exact) mass is 415 g/mol. The van der Waals surface area contributed by atoms with Crippen LogP contribution in [0.5, 0.6) is 5.75 Å². The lowest BCUT2D eigenvalue weighted by atomic mass is 10.1. The number of halogens is 4. The van der Waals surface area contributed by atoms with E-state index in [-0.39, 0.29) is 29.7 Å². The molecule has 0 aromatic heterocycles. The maximum absolute atomic E-state index is 12.0. The zero-order chi connectivity index (χ0) is 14.4. The zero-order valence-electron chi connectivity index (χ0n) is 11.2. The third-order valence-corrected chi connectivity index (χ3v) is 2.76. The molecule has 0 aliphatic carbocycles. The molecule has 0 radical (unpaired) electrons. The van der Waals surface area contributed by atoms with Gasteiger partial charge in [-0.2, -0.15) is 0 Å². The third-order valence-electron chi connectivity index (χ3n) is 2.76. The van der Waals surface area contributed by atoms with Crippen molar-refractivity contribution in [2.45, 2.75) is 19.2 Å². The summed E-state index contributed by atoms with van der Waals surface area (Å²) in [6, 6.07) is 5.89. The highest BCUT2D eigenvalue weighted by Crippen LogP contribution is 2.22. The van der Waals surface area contributed by atoms with Gasteiger partial charge in [-0.15, -0.1) is 37.1 Å². The molecule has 2 rings (SSSR count). The Bertz CT molecular complexity index is 463. The van der Waals surface area contributed by atoms with Crippen molar-refractivity contribution in [2.75, 3.05) is 19.6 Å². The maximum atomic E-state index is 12.0. The predicted molar refractivity (Wildman–Crippen MR) is 85.2 cm³/mol. The molecule has 0 saturated carbocycles.